The van der Waals surface area contributed by atoms with E-state index in [0.29, 0.717) is 22.1 Å². The normalized spacial score (nSPS) is 16.7. The minimum Gasteiger partial charge on any atom is -0.359 e. The first kappa shape index (κ1) is 27.8. The van der Waals surface area contributed by atoms with Crippen molar-refractivity contribution in [1.82, 2.24) is 24.8 Å². The molecule has 0 fully saturated rings. The highest BCUT2D eigenvalue weighted by atomic mass is 35.5. The van der Waals surface area contributed by atoms with Crippen molar-refractivity contribution in [3.8, 4) is 11.1 Å². The summed E-state index contributed by atoms with van der Waals surface area (Å²) >= 11 is 12.5. The maximum absolute atomic E-state index is 14.2. The quantitative estimate of drug-likeness (QED) is 0.214. The molecule has 40 heavy (non-hydrogen) atoms. The van der Waals surface area contributed by atoms with Gasteiger partial charge in [0.05, 0.1) is 17.6 Å². The molecule has 0 saturated heterocycles. The van der Waals surface area contributed by atoms with Crippen molar-refractivity contribution in [2.24, 2.45) is 0 Å². The van der Waals surface area contributed by atoms with Crippen LogP contribution < -0.4 is 10.2 Å². The molecule has 1 aliphatic rings. The number of benzene rings is 2. The summed E-state index contributed by atoms with van der Waals surface area (Å²) in [5, 5.41) is 3.02. The number of aromatic nitrogens is 4. The molecule has 206 valence electrons. The average molecular weight is 600 g/mol. The highest BCUT2D eigenvalue weighted by Crippen LogP contribution is 2.44. The van der Waals surface area contributed by atoms with E-state index in [1.165, 1.54) is 22.0 Å². The molecule has 2 amide bonds. The molecule has 2 aromatic heterocycles. The number of amides is 2. The predicted molar refractivity (Wildman–Crippen MR) is 151 cm³/mol. The summed E-state index contributed by atoms with van der Waals surface area (Å²) < 4.78 is 28.4. The highest BCUT2D eigenvalue weighted by molar-refractivity contribution is 7.91. The number of nitrogens with zero attached hydrogens (tertiary/aromatic N) is 5. The zero-order valence-corrected chi connectivity index (χ0v) is 23.6. The number of anilines is 2. The first-order chi connectivity index (χ1) is 19.1. The SMILES string of the molecule is C[C@@]1(Cc2ccc(-c3cncnc3)cc2)C(=O)N(c2cc(Cl)cc(Cl)c2)c2ncc(S(=O)(=O)CCCNC=O)n21. The van der Waals surface area contributed by atoms with Gasteiger partial charge in [-0.2, -0.15) is 0 Å². The van der Waals surface area contributed by atoms with Crippen molar-refractivity contribution in [3.63, 3.8) is 0 Å². The molecule has 4 aromatic rings. The monoisotopic (exact) mass is 598 g/mol. The van der Waals surface area contributed by atoms with Gasteiger partial charge in [-0.25, -0.2) is 28.3 Å². The van der Waals surface area contributed by atoms with E-state index in [1.807, 2.05) is 24.3 Å². The van der Waals surface area contributed by atoms with Gasteiger partial charge in [0.15, 0.2) is 14.9 Å². The lowest BCUT2D eigenvalue weighted by atomic mass is 9.91. The van der Waals surface area contributed by atoms with E-state index in [9.17, 15) is 18.0 Å². The Morgan fingerprint density at radius 2 is 1.68 bits per heavy atom. The molecule has 5 rings (SSSR count). The van der Waals surface area contributed by atoms with Crippen molar-refractivity contribution >= 4 is 57.0 Å². The van der Waals surface area contributed by atoms with E-state index < -0.39 is 15.4 Å². The Morgan fingerprint density at radius 3 is 2.33 bits per heavy atom. The van der Waals surface area contributed by atoms with Crippen molar-refractivity contribution in [2.75, 3.05) is 17.2 Å². The zero-order valence-electron chi connectivity index (χ0n) is 21.3. The lowest BCUT2D eigenvalue weighted by molar-refractivity contribution is -0.124. The summed E-state index contributed by atoms with van der Waals surface area (Å²) in [5.41, 5.74) is 1.58. The first-order valence-corrected chi connectivity index (χ1v) is 14.7. The number of imidazole rings is 1. The summed E-state index contributed by atoms with van der Waals surface area (Å²) in [7, 11) is -3.87. The van der Waals surface area contributed by atoms with Gasteiger partial charge in [-0.05, 0) is 42.7 Å². The third-order valence-corrected chi connectivity index (χ3v) is 8.89. The molecule has 1 N–H and O–H groups in total. The van der Waals surface area contributed by atoms with Crippen LogP contribution in [0.3, 0.4) is 0 Å². The number of hydrogen-bond donors (Lipinski definition) is 1. The Bertz CT molecular complexity index is 1660. The molecule has 0 radical (unpaired) electrons. The number of nitrogens with one attached hydrogen (secondary N) is 1. The number of carbonyl (C=O) groups is 2. The fraction of sp³-hybridized carbons (Fsp3) is 0.222. The van der Waals surface area contributed by atoms with Gasteiger partial charge in [0.1, 0.15) is 11.9 Å². The summed E-state index contributed by atoms with van der Waals surface area (Å²) in [6, 6.07) is 12.3. The van der Waals surface area contributed by atoms with Gasteiger partial charge in [-0.3, -0.25) is 14.2 Å². The van der Waals surface area contributed by atoms with Crippen LogP contribution in [0.4, 0.5) is 11.6 Å². The third kappa shape index (κ3) is 5.19. The molecule has 0 bridgehead atoms. The van der Waals surface area contributed by atoms with E-state index in [0.717, 1.165) is 16.7 Å². The number of fused-ring (bicyclic) bond motifs is 1. The average Bonchev–Trinajstić information content (AvgIpc) is 3.45. The second-order valence-corrected chi connectivity index (χ2v) is 12.4. The van der Waals surface area contributed by atoms with Gasteiger partial charge in [0.25, 0.3) is 5.91 Å². The van der Waals surface area contributed by atoms with Gasteiger partial charge >= 0.3 is 0 Å². The van der Waals surface area contributed by atoms with E-state index >= 15 is 0 Å². The minimum atomic E-state index is -3.87. The minimum absolute atomic E-state index is 0.0851. The van der Waals surface area contributed by atoms with Gasteiger partial charge in [-0.15, -0.1) is 0 Å². The number of rotatable bonds is 10. The molecular formula is C27H24Cl2N6O4S. The maximum atomic E-state index is 14.2. The van der Waals surface area contributed by atoms with E-state index in [-0.39, 0.29) is 42.0 Å². The van der Waals surface area contributed by atoms with Crippen molar-refractivity contribution < 1.29 is 18.0 Å². The molecule has 0 aliphatic carbocycles. The standard InChI is InChI=1S/C27H24Cl2N6O4S/c1-27(12-18-3-5-19(6-4-18)20-13-31-16-32-14-20)25(37)34(23-10-21(28)9-22(29)11-23)26-33-15-24(35(26)27)40(38,39)8-2-7-30-17-36/h3-6,9-11,13-17H,2,7-8,12H2,1H3,(H,30,36)/t27-/m1/s1. The van der Waals surface area contributed by atoms with Crippen LogP contribution in [0.5, 0.6) is 0 Å². The Labute approximate surface area is 240 Å². The number of sulfone groups is 1. The molecule has 3 heterocycles. The third-order valence-electron chi connectivity index (χ3n) is 6.71. The van der Waals surface area contributed by atoms with Gasteiger partial charge in [0.2, 0.25) is 12.4 Å². The van der Waals surface area contributed by atoms with Crippen LogP contribution in [0, 0.1) is 0 Å². The summed E-state index contributed by atoms with van der Waals surface area (Å²) in [5.74, 6) is -0.470. The molecule has 0 saturated carbocycles. The van der Waals surface area contributed by atoms with Crippen LogP contribution in [-0.4, -0.2) is 52.6 Å². The van der Waals surface area contributed by atoms with Crippen LogP contribution in [-0.2, 0) is 31.4 Å². The maximum Gasteiger partial charge on any atom is 0.260 e. The number of halogens is 2. The first-order valence-electron chi connectivity index (χ1n) is 12.3. The number of hydrogen-bond acceptors (Lipinski definition) is 7. The van der Waals surface area contributed by atoms with E-state index in [1.54, 1.807) is 37.5 Å². The van der Waals surface area contributed by atoms with Crippen molar-refractivity contribution in [3.05, 3.63) is 83.0 Å². The Hall–Kier alpha value is -3.80. The molecular weight excluding hydrogens is 575 g/mol. The van der Waals surface area contributed by atoms with Gasteiger partial charge in [-0.1, -0.05) is 47.5 Å². The van der Waals surface area contributed by atoms with Gasteiger partial charge in [0, 0.05) is 41.0 Å². The van der Waals surface area contributed by atoms with Crippen LogP contribution in [0.1, 0.15) is 18.9 Å². The highest BCUT2D eigenvalue weighted by Gasteiger charge is 2.51. The topological polar surface area (TPSA) is 127 Å². The predicted octanol–water partition coefficient (Wildman–Crippen LogP) is 4.19. The van der Waals surface area contributed by atoms with Crippen LogP contribution >= 0.6 is 23.2 Å². The molecule has 2 aromatic carbocycles. The van der Waals surface area contributed by atoms with Gasteiger partial charge < -0.3 is 5.32 Å². The Morgan fingerprint density at radius 1 is 1.00 bits per heavy atom. The zero-order chi connectivity index (χ0) is 28.5. The molecule has 0 spiro atoms. The fourth-order valence-electron chi connectivity index (χ4n) is 4.84. The van der Waals surface area contributed by atoms with E-state index in [4.69, 9.17) is 23.2 Å². The summed E-state index contributed by atoms with van der Waals surface area (Å²) in [6.45, 7) is 1.89. The Kier molecular flexibility index (Phi) is 7.63. The van der Waals surface area contributed by atoms with E-state index in [2.05, 4.69) is 20.3 Å². The second kappa shape index (κ2) is 11.0. The van der Waals surface area contributed by atoms with Crippen LogP contribution in [0.2, 0.25) is 10.0 Å². The molecule has 0 unspecified atom stereocenters. The Balaban J connectivity index is 1.57. The molecule has 13 heteroatoms. The molecule has 10 nitrogen and oxygen atoms in total. The van der Waals surface area contributed by atoms with Crippen LogP contribution in [0.25, 0.3) is 11.1 Å². The lowest BCUT2D eigenvalue weighted by Gasteiger charge is -2.27. The number of carbonyl (C=O) groups excluding carboxylic acids is 2. The molecule has 1 aliphatic heterocycles. The lowest BCUT2D eigenvalue weighted by Crippen LogP contribution is -2.42. The summed E-state index contributed by atoms with van der Waals surface area (Å²) in [6.07, 6.45) is 7.03. The summed E-state index contributed by atoms with van der Waals surface area (Å²) in [4.78, 5) is 38.6. The second-order valence-electron chi connectivity index (χ2n) is 9.52. The smallest absolute Gasteiger partial charge is 0.260 e. The van der Waals surface area contributed by atoms with Crippen molar-refractivity contribution in [2.45, 2.75) is 30.3 Å². The molecule has 1 atom stereocenters. The van der Waals surface area contributed by atoms with Crippen LogP contribution in [0.15, 0.2) is 72.4 Å². The van der Waals surface area contributed by atoms with Crippen molar-refractivity contribution in [1.29, 1.82) is 0 Å². The fourth-order valence-corrected chi connectivity index (χ4v) is 6.86. The largest absolute Gasteiger partial charge is 0.359 e.